The highest BCUT2D eigenvalue weighted by Gasteiger charge is 2.20. The normalized spacial score (nSPS) is 13.0. The van der Waals surface area contributed by atoms with Gasteiger partial charge in [0.25, 0.3) is 5.56 Å². The highest BCUT2D eigenvalue weighted by molar-refractivity contribution is 7.99. The van der Waals surface area contributed by atoms with Gasteiger partial charge in [0.2, 0.25) is 0 Å². The van der Waals surface area contributed by atoms with Gasteiger partial charge in [0.05, 0.1) is 6.54 Å². The van der Waals surface area contributed by atoms with Crippen LogP contribution in [0.15, 0.2) is 56.2 Å². The first-order valence-electron chi connectivity index (χ1n) is 8.87. The van der Waals surface area contributed by atoms with Crippen LogP contribution in [0.2, 0.25) is 0 Å². The second-order valence-corrected chi connectivity index (χ2v) is 7.96. The van der Waals surface area contributed by atoms with Crippen LogP contribution in [0.4, 0.5) is 0 Å². The van der Waals surface area contributed by atoms with Gasteiger partial charge in [-0.15, -0.1) is 0 Å². The number of allylic oxidation sites excluding steroid dienone is 1. The maximum absolute atomic E-state index is 12.4. The first-order valence-corrected chi connectivity index (χ1v) is 10.2. The van der Waals surface area contributed by atoms with E-state index in [1.165, 1.54) is 23.4 Å². The van der Waals surface area contributed by atoms with Crippen molar-refractivity contribution >= 4 is 34.5 Å². The number of aryl methyl sites for hydroxylation is 1. The number of hydrogen-bond acceptors (Lipinski definition) is 6. The number of para-hydroxylation sites is 1. The SMILES string of the molecule is C/C(Cl)=C/CSc1nc2c(c(=O)[nH]c(=O)n2C)n1C[C@H](O)COc1ccccc1. The molecule has 0 amide bonds. The summed E-state index contributed by atoms with van der Waals surface area (Å²) >= 11 is 7.23. The summed E-state index contributed by atoms with van der Waals surface area (Å²) in [7, 11) is 1.53. The van der Waals surface area contributed by atoms with E-state index in [0.29, 0.717) is 21.7 Å². The number of aromatic amines is 1. The summed E-state index contributed by atoms with van der Waals surface area (Å²) in [5.74, 6) is 1.17. The van der Waals surface area contributed by atoms with Gasteiger partial charge in [-0.1, -0.05) is 47.6 Å². The van der Waals surface area contributed by atoms with E-state index in [0.717, 1.165) is 0 Å². The topological polar surface area (TPSA) is 102 Å². The Morgan fingerprint density at radius 1 is 1.38 bits per heavy atom. The minimum Gasteiger partial charge on any atom is -0.491 e. The maximum Gasteiger partial charge on any atom is 0.329 e. The van der Waals surface area contributed by atoms with Crippen LogP contribution in [0.3, 0.4) is 0 Å². The Labute approximate surface area is 175 Å². The molecule has 2 N–H and O–H groups in total. The molecule has 10 heteroatoms. The molecule has 0 saturated heterocycles. The molecule has 0 aliphatic heterocycles. The Hall–Kier alpha value is -2.49. The Bertz CT molecular complexity index is 1130. The number of hydrogen-bond donors (Lipinski definition) is 2. The van der Waals surface area contributed by atoms with Crippen molar-refractivity contribution in [3.8, 4) is 5.75 Å². The summed E-state index contributed by atoms with van der Waals surface area (Å²) in [4.78, 5) is 31.1. The zero-order valence-electron chi connectivity index (χ0n) is 16.0. The average Bonchev–Trinajstić information content (AvgIpc) is 3.04. The monoisotopic (exact) mass is 436 g/mol. The largest absolute Gasteiger partial charge is 0.491 e. The molecule has 0 spiro atoms. The number of nitrogens with zero attached hydrogens (tertiary/aromatic N) is 3. The highest BCUT2D eigenvalue weighted by atomic mass is 35.5. The minimum atomic E-state index is -0.895. The number of thioether (sulfide) groups is 1. The zero-order chi connectivity index (χ0) is 21.0. The summed E-state index contributed by atoms with van der Waals surface area (Å²) in [5, 5.41) is 11.6. The third kappa shape index (κ3) is 5.11. The van der Waals surface area contributed by atoms with Crippen LogP contribution < -0.4 is 16.0 Å². The van der Waals surface area contributed by atoms with E-state index < -0.39 is 17.4 Å². The van der Waals surface area contributed by atoms with Gasteiger partial charge in [-0.2, -0.15) is 0 Å². The number of H-pyrrole nitrogens is 1. The van der Waals surface area contributed by atoms with Gasteiger partial charge >= 0.3 is 5.69 Å². The molecule has 0 saturated carbocycles. The number of nitrogens with one attached hydrogen (secondary N) is 1. The Morgan fingerprint density at radius 3 is 2.79 bits per heavy atom. The van der Waals surface area contributed by atoms with Gasteiger partial charge in [-0.3, -0.25) is 14.3 Å². The fourth-order valence-electron chi connectivity index (χ4n) is 2.70. The molecule has 3 rings (SSSR count). The smallest absolute Gasteiger partial charge is 0.329 e. The number of rotatable bonds is 8. The molecule has 0 aliphatic carbocycles. The second-order valence-electron chi connectivity index (χ2n) is 6.38. The second kappa shape index (κ2) is 9.34. The fraction of sp³-hybridized carbons (Fsp3) is 0.316. The molecule has 1 atom stereocenters. The molecule has 2 aromatic heterocycles. The number of halogens is 1. The Balaban J connectivity index is 1.90. The zero-order valence-corrected chi connectivity index (χ0v) is 17.5. The molecule has 0 bridgehead atoms. The molecule has 8 nitrogen and oxygen atoms in total. The predicted octanol–water partition coefficient (Wildman–Crippen LogP) is 2.10. The molecule has 3 aromatic rings. The van der Waals surface area contributed by atoms with Gasteiger partial charge in [-0.25, -0.2) is 9.78 Å². The van der Waals surface area contributed by atoms with Gasteiger partial charge in [-0.05, 0) is 19.1 Å². The quantitative estimate of drug-likeness (QED) is 0.524. The number of ether oxygens (including phenoxy) is 1. The first-order chi connectivity index (χ1) is 13.9. The summed E-state index contributed by atoms with van der Waals surface area (Å²) in [6.45, 7) is 1.89. The van der Waals surface area contributed by atoms with E-state index in [4.69, 9.17) is 16.3 Å². The van der Waals surface area contributed by atoms with Crippen molar-refractivity contribution in [3.63, 3.8) is 0 Å². The van der Waals surface area contributed by atoms with E-state index >= 15 is 0 Å². The minimum absolute atomic E-state index is 0.0398. The third-order valence-electron chi connectivity index (χ3n) is 4.13. The highest BCUT2D eigenvalue weighted by Crippen LogP contribution is 2.23. The van der Waals surface area contributed by atoms with Crippen LogP contribution in [0.25, 0.3) is 11.2 Å². The van der Waals surface area contributed by atoms with E-state index in [2.05, 4.69) is 9.97 Å². The molecule has 0 aliphatic rings. The van der Waals surface area contributed by atoms with Crippen LogP contribution in [0.1, 0.15) is 6.92 Å². The number of aliphatic hydroxyl groups excluding tert-OH is 1. The van der Waals surface area contributed by atoms with Crippen molar-refractivity contribution in [2.75, 3.05) is 12.4 Å². The number of aromatic nitrogens is 4. The molecular weight excluding hydrogens is 416 g/mol. The van der Waals surface area contributed by atoms with Crippen molar-refractivity contribution in [1.29, 1.82) is 0 Å². The van der Waals surface area contributed by atoms with Crippen molar-refractivity contribution in [1.82, 2.24) is 19.1 Å². The molecule has 0 fully saturated rings. The lowest BCUT2D eigenvalue weighted by Gasteiger charge is -2.15. The Kier molecular flexibility index (Phi) is 6.83. The summed E-state index contributed by atoms with van der Waals surface area (Å²) < 4.78 is 8.47. The van der Waals surface area contributed by atoms with Crippen LogP contribution >= 0.6 is 23.4 Å². The van der Waals surface area contributed by atoms with Crippen molar-refractivity contribution in [2.24, 2.45) is 7.05 Å². The Morgan fingerprint density at radius 2 is 2.10 bits per heavy atom. The number of imidazole rings is 1. The molecule has 0 unspecified atom stereocenters. The lowest BCUT2D eigenvalue weighted by atomic mass is 10.3. The molecular formula is C19H21ClN4O4S. The van der Waals surface area contributed by atoms with E-state index in [-0.39, 0.29) is 24.3 Å². The summed E-state index contributed by atoms with van der Waals surface area (Å²) in [6.07, 6.45) is 0.919. The molecule has 1 aromatic carbocycles. The molecule has 2 heterocycles. The number of fused-ring (bicyclic) bond motifs is 1. The van der Waals surface area contributed by atoms with Gasteiger partial charge < -0.3 is 14.4 Å². The number of benzene rings is 1. The van der Waals surface area contributed by atoms with Crippen LogP contribution in [0.5, 0.6) is 5.75 Å². The number of aliphatic hydroxyl groups is 1. The van der Waals surface area contributed by atoms with E-state index in [1.807, 2.05) is 24.3 Å². The van der Waals surface area contributed by atoms with Gasteiger partial charge in [0, 0.05) is 17.8 Å². The lowest BCUT2D eigenvalue weighted by Crippen LogP contribution is -2.30. The summed E-state index contributed by atoms with van der Waals surface area (Å²) in [5.41, 5.74) is -0.625. The van der Waals surface area contributed by atoms with Crippen LogP contribution in [-0.2, 0) is 13.6 Å². The molecule has 154 valence electrons. The lowest BCUT2D eigenvalue weighted by molar-refractivity contribution is 0.0914. The van der Waals surface area contributed by atoms with Gasteiger partial charge in [0.1, 0.15) is 18.5 Å². The van der Waals surface area contributed by atoms with Crippen LogP contribution in [-0.4, -0.2) is 42.7 Å². The maximum atomic E-state index is 12.4. The molecule has 0 radical (unpaired) electrons. The van der Waals surface area contributed by atoms with Gasteiger partial charge in [0.15, 0.2) is 16.3 Å². The molecule has 29 heavy (non-hydrogen) atoms. The van der Waals surface area contributed by atoms with E-state index in [1.54, 1.807) is 23.6 Å². The third-order valence-corrected chi connectivity index (χ3v) is 5.19. The fourth-order valence-corrected chi connectivity index (χ4v) is 3.82. The van der Waals surface area contributed by atoms with Crippen molar-refractivity contribution in [2.45, 2.75) is 24.7 Å². The first kappa shape index (κ1) is 21.2. The predicted molar refractivity (Wildman–Crippen MR) is 114 cm³/mol. The van der Waals surface area contributed by atoms with Crippen molar-refractivity contribution in [3.05, 3.63) is 62.3 Å². The van der Waals surface area contributed by atoms with Crippen molar-refractivity contribution < 1.29 is 9.84 Å². The standard InChI is InChI=1S/C19H21ClN4O4S/c1-12(20)8-9-29-19-21-16-15(17(26)22-18(27)23(16)2)24(19)10-13(25)11-28-14-6-4-3-5-7-14/h3-8,13,25H,9-11H2,1-2H3,(H,22,26,27)/b12-8-/t13-/m0/s1. The summed E-state index contributed by atoms with van der Waals surface area (Å²) in [6, 6.07) is 9.14. The van der Waals surface area contributed by atoms with Crippen LogP contribution in [0, 0.1) is 0 Å². The average molecular weight is 437 g/mol. The van der Waals surface area contributed by atoms with E-state index in [9.17, 15) is 14.7 Å².